The molecule has 2 heterocycles. The van der Waals surface area contributed by atoms with Crippen molar-refractivity contribution in [2.75, 3.05) is 5.75 Å². The number of hydrogen-bond acceptors (Lipinski definition) is 5. The van der Waals surface area contributed by atoms with E-state index in [-0.39, 0.29) is 5.56 Å². The molecule has 0 saturated carbocycles. The number of fused-ring (bicyclic) bond motifs is 1. The lowest BCUT2D eigenvalue weighted by atomic mass is 10.2. The maximum absolute atomic E-state index is 13.5. The molecule has 2 aromatic heterocycles. The van der Waals surface area contributed by atoms with Gasteiger partial charge in [0.1, 0.15) is 11.1 Å². The van der Waals surface area contributed by atoms with Gasteiger partial charge in [-0.05, 0) is 62.8 Å². The Kier molecular flexibility index (Phi) is 7.60. The first-order chi connectivity index (χ1) is 16.8. The first kappa shape index (κ1) is 24.6. The zero-order chi connectivity index (χ0) is 24.8. The van der Waals surface area contributed by atoms with Crippen molar-refractivity contribution in [2.45, 2.75) is 44.6 Å². The van der Waals surface area contributed by atoms with Crippen LogP contribution in [0.25, 0.3) is 11.2 Å². The molecule has 1 atom stereocenters. The minimum atomic E-state index is -0.645. The Labute approximate surface area is 209 Å². The number of carbonyl (C=O) groups is 1. The Morgan fingerprint density at radius 2 is 1.71 bits per heavy atom. The molecular weight excluding hydrogens is 460 g/mol. The van der Waals surface area contributed by atoms with Gasteiger partial charge in [0.2, 0.25) is 0 Å². The van der Waals surface area contributed by atoms with Gasteiger partial charge in [0.05, 0.1) is 11.7 Å². The fourth-order valence-corrected chi connectivity index (χ4v) is 4.71. The Morgan fingerprint density at radius 3 is 2.40 bits per heavy atom. The number of nitrogens with zero attached hydrogens (tertiary/aromatic N) is 3. The van der Waals surface area contributed by atoms with E-state index < -0.39 is 17.7 Å². The van der Waals surface area contributed by atoms with Crippen molar-refractivity contribution in [1.29, 1.82) is 0 Å². The summed E-state index contributed by atoms with van der Waals surface area (Å²) in [7, 11) is 0. The normalized spacial score (nSPS) is 12.4. The molecule has 182 valence electrons. The van der Waals surface area contributed by atoms with E-state index in [0.717, 1.165) is 11.5 Å². The fraction of sp³-hybridized carbons (Fsp3) is 0.296. The molecule has 8 heteroatoms. The number of ether oxygens (including phenoxy) is 1. The lowest BCUT2D eigenvalue weighted by Crippen LogP contribution is -2.38. The highest BCUT2D eigenvalue weighted by Crippen LogP contribution is 2.23. The third-order valence-electron chi connectivity index (χ3n) is 5.27. The maximum atomic E-state index is 13.5. The van der Waals surface area contributed by atoms with Gasteiger partial charge in [-0.3, -0.25) is 9.36 Å². The molecule has 1 amide bonds. The topological polar surface area (TPSA) is 77.6 Å². The van der Waals surface area contributed by atoms with Crippen LogP contribution in [0, 0.1) is 0 Å². The number of benzene rings is 2. The summed E-state index contributed by atoms with van der Waals surface area (Å²) in [5, 5.41) is 7.73. The average Bonchev–Trinajstić information content (AvgIpc) is 3.30. The highest BCUT2D eigenvalue weighted by molar-refractivity contribution is 7.98. The van der Waals surface area contributed by atoms with Crippen molar-refractivity contribution in [1.82, 2.24) is 19.5 Å². The molecule has 0 aliphatic heterocycles. The molecule has 35 heavy (non-hydrogen) atoms. The van der Waals surface area contributed by atoms with Crippen LogP contribution in [0.3, 0.4) is 0 Å². The second-order valence-electron chi connectivity index (χ2n) is 9.20. The zero-order valence-corrected chi connectivity index (χ0v) is 21.0. The second kappa shape index (κ2) is 10.8. The van der Waals surface area contributed by atoms with Crippen molar-refractivity contribution in [3.05, 3.63) is 101 Å². The van der Waals surface area contributed by atoms with Crippen LogP contribution in [0.4, 0.5) is 4.79 Å². The summed E-state index contributed by atoms with van der Waals surface area (Å²) in [5.74, 6) is 2.07. The first-order valence-electron chi connectivity index (χ1n) is 11.6. The van der Waals surface area contributed by atoms with Gasteiger partial charge in [-0.15, -0.1) is 0 Å². The van der Waals surface area contributed by atoms with Gasteiger partial charge in [0.15, 0.2) is 5.82 Å². The standard InChI is InChI=1S/C27H30N4O3S/c1-27(2,3)34-26(33)28-22(16-18-35-19-20-11-6-4-7-12-20)24-29-30-17-10-15-23(30)25(32)31(24)21-13-8-5-9-14-21/h4-15,17,22H,16,18-19H2,1-3H3,(H,28,33)/t22-/m0/s1. The smallest absolute Gasteiger partial charge is 0.408 e. The number of para-hydroxylation sites is 1. The van der Waals surface area contributed by atoms with Crippen molar-refractivity contribution in [2.24, 2.45) is 0 Å². The summed E-state index contributed by atoms with van der Waals surface area (Å²) in [6.07, 6.45) is 1.77. The van der Waals surface area contributed by atoms with Crippen LogP contribution < -0.4 is 10.9 Å². The number of carbonyl (C=O) groups excluding carboxylic acids is 1. The summed E-state index contributed by atoms with van der Waals surface area (Å²) in [6.45, 7) is 5.46. The minimum absolute atomic E-state index is 0.195. The molecule has 1 N–H and O–H groups in total. The van der Waals surface area contributed by atoms with E-state index in [1.807, 2.05) is 69.3 Å². The number of nitrogens with one attached hydrogen (secondary N) is 1. The third kappa shape index (κ3) is 6.33. The van der Waals surface area contributed by atoms with Crippen LogP contribution in [0.1, 0.15) is 44.6 Å². The van der Waals surface area contributed by atoms with Crippen LogP contribution in [0.2, 0.25) is 0 Å². The Morgan fingerprint density at radius 1 is 1.03 bits per heavy atom. The molecule has 0 saturated heterocycles. The highest BCUT2D eigenvalue weighted by atomic mass is 32.2. The quantitative estimate of drug-likeness (QED) is 0.336. The predicted molar refractivity (Wildman–Crippen MR) is 140 cm³/mol. The Bertz CT molecular complexity index is 1330. The van der Waals surface area contributed by atoms with Crippen molar-refractivity contribution in [3.8, 4) is 5.69 Å². The van der Waals surface area contributed by atoms with E-state index in [1.54, 1.807) is 39.2 Å². The van der Waals surface area contributed by atoms with E-state index >= 15 is 0 Å². The number of rotatable bonds is 8. The lowest BCUT2D eigenvalue weighted by molar-refractivity contribution is 0.0499. The minimum Gasteiger partial charge on any atom is -0.444 e. The maximum Gasteiger partial charge on any atom is 0.408 e. The third-order valence-corrected chi connectivity index (χ3v) is 6.33. The number of thioether (sulfide) groups is 1. The van der Waals surface area contributed by atoms with E-state index in [2.05, 4.69) is 17.4 Å². The molecule has 4 rings (SSSR count). The van der Waals surface area contributed by atoms with Crippen molar-refractivity contribution >= 4 is 23.4 Å². The Hall–Kier alpha value is -3.52. The zero-order valence-electron chi connectivity index (χ0n) is 20.2. The molecule has 0 unspecified atom stereocenters. The second-order valence-corrected chi connectivity index (χ2v) is 10.3. The number of alkyl carbamates (subject to hydrolysis) is 1. The molecule has 0 aliphatic carbocycles. The monoisotopic (exact) mass is 490 g/mol. The molecule has 7 nitrogen and oxygen atoms in total. The molecule has 0 aliphatic rings. The molecular formula is C27H30N4O3S. The van der Waals surface area contributed by atoms with Gasteiger partial charge in [0.25, 0.3) is 5.56 Å². The largest absolute Gasteiger partial charge is 0.444 e. The lowest BCUT2D eigenvalue weighted by Gasteiger charge is -2.25. The number of amides is 1. The number of hydrogen-bond donors (Lipinski definition) is 1. The molecule has 0 bridgehead atoms. The molecule has 0 spiro atoms. The number of aromatic nitrogens is 3. The summed E-state index contributed by atoms with van der Waals surface area (Å²) >= 11 is 1.77. The molecule has 2 aromatic carbocycles. The molecule has 4 aromatic rings. The summed E-state index contributed by atoms with van der Waals surface area (Å²) < 4.78 is 8.68. The van der Waals surface area contributed by atoms with Crippen molar-refractivity contribution < 1.29 is 9.53 Å². The van der Waals surface area contributed by atoms with Gasteiger partial charge in [-0.2, -0.15) is 16.9 Å². The van der Waals surface area contributed by atoms with Crippen LogP contribution in [-0.2, 0) is 10.5 Å². The van der Waals surface area contributed by atoms with Crippen LogP contribution >= 0.6 is 11.8 Å². The van der Waals surface area contributed by atoms with Gasteiger partial charge in [-0.25, -0.2) is 9.31 Å². The van der Waals surface area contributed by atoms with E-state index in [0.29, 0.717) is 23.4 Å². The van der Waals surface area contributed by atoms with Gasteiger partial charge in [-0.1, -0.05) is 48.5 Å². The summed E-state index contributed by atoms with van der Waals surface area (Å²) in [5.41, 5.74) is 1.55. The summed E-state index contributed by atoms with van der Waals surface area (Å²) in [4.78, 5) is 26.3. The SMILES string of the molecule is CC(C)(C)OC(=O)N[C@@H](CCSCc1ccccc1)c1nn2cccc2c(=O)n1-c1ccccc1. The van der Waals surface area contributed by atoms with Crippen LogP contribution in [-0.4, -0.2) is 31.6 Å². The summed E-state index contributed by atoms with van der Waals surface area (Å²) in [6, 6.07) is 22.6. The van der Waals surface area contributed by atoms with Crippen LogP contribution in [0.5, 0.6) is 0 Å². The van der Waals surface area contributed by atoms with E-state index in [4.69, 9.17) is 9.84 Å². The van der Waals surface area contributed by atoms with E-state index in [9.17, 15) is 9.59 Å². The molecule has 0 fully saturated rings. The molecule has 0 radical (unpaired) electrons. The van der Waals surface area contributed by atoms with Crippen LogP contribution in [0.15, 0.2) is 83.8 Å². The fourth-order valence-electron chi connectivity index (χ4n) is 3.74. The van der Waals surface area contributed by atoms with E-state index in [1.165, 1.54) is 5.56 Å². The highest BCUT2D eigenvalue weighted by Gasteiger charge is 2.26. The Balaban J connectivity index is 1.67. The first-order valence-corrected chi connectivity index (χ1v) is 12.7. The van der Waals surface area contributed by atoms with Crippen molar-refractivity contribution in [3.63, 3.8) is 0 Å². The van der Waals surface area contributed by atoms with Gasteiger partial charge in [0, 0.05) is 11.9 Å². The average molecular weight is 491 g/mol. The predicted octanol–water partition coefficient (Wildman–Crippen LogP) is 5.37. The van der Waals surface area contributed by atoms with Gasteiger partial charge >= 0.3 is 6.09 Å². The van der Waals surface area contributed by atoms with Gasteiger partial charge < -0.3 is 10.1 Å².